The first-order valence-electron chi connectivity index (χ1n) is 7.04. The highest BCUT2D eigenvalue weighted by atomic mass is 19.3. The van der Waals surface area contributed by atoms with E-state index in [0.29, 0.717) is 16.9 Å². The summed E-state index contributed by atoms with van der Waals surface area (Å²) in [5.74, 6) is -0.318. The predicted molar refractivity (Wildman–Crippen MR) is 85.5 cm³/mol. The predicted octanol–water partition coefficient (Wildman–Crippen LogP) is 3.79. The normalized spacial score (nSPS) is 10.5. The fourth-order valence-corrected chi connectivity index (χ4v) is 1.89. The van der Waals surface area contributed by atoms with Crippen LogP contribution in [0.2, 0.25) is 0 Å². The van der Waals surface area contributed by atoms with Crippen molar-refractivity contribution in [2.24, 2.45) is 0 Å². The van der Waals surface area contributed by atoms with E-state index < -0.39 is 12.6 Å². The molecule has 0 unspecified atom stereocenters. The Balaban J connectivity index is 2.04. The molecule has 128 valence electrons. The molecule has 0 spiro atoms. The number of methoxy groups -OCH3 is 1. The lowest BCUT2D eigenvalue weighted by Crippen LogP contribution is -2.04. The summed E-state index contributed by atoms with van der Waals surface area (Å²) in [7, 11) is 1.32. The summed E-state index contributed by atoms with van der Waals surface area (Å²) in [5.41, 5.74) is 0.990. The number of nitrogens with zero attached hydrogens (tertiary/aromatic N) is 1. The average Bonchev–Trinajstić information content (AvgIpc) is 2.61. The Morgan fingerprint density at radius 2 is 1.88 bits per heavy atom. The van der Waals surface area contributed by atoms with Gasteiger partial charge in [0.25, 0.3) is 0 Å². The van der Waals surface area contributed by atoms with Crippen LogP contribution in [0.4, 0.5) is 8.78 Å². The lowest BCUT2D eigenvalue weighted by molar-refractivity contribution is -0.128. The molecule has 7 heteroatoms. The Kier molecular flexibility index (Phi) is 6.07. The van der Waals surface area contributed by atoms with Crippen molar-refractivity contribution in [3.05, 3.63) is 59.7 Å². The SMILES string of the molecule is COc1cc(/C=C/C(=O)Oc2ccc(C#N)cc2)ccc1OC(F)F. The fourth-order valence-electron chi connectivity index (χ4n) is 1.89. The van der Waals surface area contributed by atoms with E-state index in [2.05, 4.69) is 4.74 Å². The monoisotopic (exact) mass is 345 g/mol. The molecule has 0 saturated heterocycles. The van der Waals surface area contributed by atoms with E-state index in [4.69, 9.17) is 14.7 Å². The molecule has 0 aromatic heterocycles. The van der Waals surface area contributed by atoms with Crippen LogP contribution in [0.5, 0.6) is 17.2 Å². The number of esters is 1. The number of nitriles is 1. The summed E-state index contributed by atoms with van der Waals surface area (Å²) in [6, 6.07) is 12.3. The number of rotatable bonds is 6. The van der Waals surface area contributed by atoms with Crippen molar-refractivity contribution in [2.45, 2.75) is 6.61 Å². The number of carbonyl (C=O) groups is 1. The molecule has 0 bridgehead atoms. The lowest BCUT2D eigenvalue weighted by Gasteiger charge is -2.10. The molecule has 0 fully saturated rings. The largest absolute Gasteiger partial charge is 0.493 e. The highest BCUT2D eigenvalue weighted by Crippen LogP contribution is 2.29. The molecular weight excluding hydrogens is 332 g/mol. The summed E-state index contributed by atoms with van der Waals surface area (Å²) in [4.78, 5) is 11.8. The molecule has 0 N–H and O–H groups in total. The zero-order chi connectivity index (χ0) is 18.2. The van der Waals surface area contributed by atoms with Crippen molar-refractivity contribution in [3.63, 3.8) is 0 Å². The van der Waals surface area contributed by atoms with E-state index in [9.17, 15) is 13.6 Å². The van der Waals surface area contributed by atoms with Gasteiger partial charge in [0.1, 0.15) is 5.75 Å². The van der Waals surface area contributed by atoms with Gasteiger partial charge in [-0.3, -0.25) is 0 Å². The number of ether oxygens (including phenoxy) is 3. The number of halogens is 2. The van der Waals surface area contributed by atoms with Crippen molar-refractivity contribution in [3.8, 4) is 23.3 Å². The topological polar surface area (TPSA) is 68.5 Å². The minimum Gasteiger partial charge on any atom is -0.493 e. The van der Waals surface area contributed by atoms with Crippen molar-refractivity contribution < 1.29 is 27.8 Å². The van der Waals surface area contributed by atoms with E-state index in [1.54, 1.807) is 0 Å². The molecule has 2 aromatic carbocycles. The van der Waals surface area contributed by atoms with Crippen LogP contribution in [0.15, 0.2) is 48.5 Å². The van der Waals surface area contributed by atoms with Gasteiger partial charge in [0.05, 0.1) is 18.7 Å². The van der Waals surface area contributed by atoms with Gasteiger partial charge in [-0.1, -0.05) is 6.07 Å². The van der Waals surface area contributed by atoms with Gasteiger partial charge in [-0.15, -0.1) is 0 Å². The molecular formula is C18H13F2NO4. The summed E-state index contributed by atoms with van der Waals surface area (Å²) in [5, 5.41) is 8.70. The maximum absolute atomic E-state index is 12.3. The zero-order valence-electron chi connectivity index (χ0n) is 13.1. The molecule has 0 aliphatic rings. The standard InChI is InChI=1S/C18H13F2NO4/c1-23-16-10-12(4-8-15(16)25-18(19)20)5-9-17(22)24-14-6-2-13(11-21)3-7-14/h2-10,18H,1H3/b9-5+. The van der Waals surface area contributed by atoms with E-state index in [1.807, 2.05) is 6.07 Å². The van der Waals surface area contributed by atoms with Gasteiger partial charge >= 0.3 is 12.6 Å². The van der Waals surface area contributed by atoms with Crippen molar-refractivity contribution in [1.29, 1.82) is 5.26 Å². The molecule has 25 heavy (non-hydrogen) atoms. The van der Waals surface area contributed by atoms with Gasteiger partial charge in [-0.2, -0.15) is 14.0 Å². The highest BCUT2D eigenvalue weighted by Gasteiger charge is 2.10. The summed E-state index contributed by atoms with van der Waals surface area (Å²) in [6.45, 7) is -2.96. The van der Waals surface area contributed by atoms with E-state index in [1.165, 1.54) is 61.7 Å². The summed E-state index contributed by atoms with van der Waals surface area (Å²) >= 11 is 0. The number of benzene rings is 2. The van der Waals surface area contributed by atoms with Crippen LogP contribution < -0.4 is 14.2 Å². The van der Waals surface area contributed by atoms with Gasteiger partial charge in [0.2, 0.25) is 0 Å². The highest BCUT2D eigenvalue weighted by molar-refractivity contribution is 5.88. The quantitative estimate of drug-likeness (QED) is 0.453. The van der Waals surface area contributed by atoms with Gasteiger partial charge < -0.3 is 14.2 Å². The number of hydrogen-bond acceptors (Lipinski definition) is 5. The molecule has 0 aliphatic carbocycles. The second-order valence-corrected chi connectivity index (χ2v) is 4.68. The van der Waals surface area contributed by atoms with Gasteiger partial charge in [0, 0.05) is 6.08 Å². The van der Waals surface area contributed by atoms with Crippen LogP contribution in [0.3, 0.4) is 0 Å². The first-order chi connectivity index (χ1) is 12.0. The maximum atomic E-state index is 12.3. The third-order valence-corrected chi connectivity index (χ3v) is 3.02. The first-order valence-corrected chi connectivity index (χ1v) is 7.04. The van der Waals surface area contributed by atoms with Crippen LogP contribution in [0.1, 0.15) is 11.1 Å². The van der Waals surface area contributed by atoms with E-state index in [-0.39, 0.29) is 11.5 Å². The Hall–Kier alpha value is -3.40. The minimum absolute atomic E-state index is 0.102. The number of hydrogen-bond donors (Lipinski definition) is 0. The summed E-state index contributed by atoms with van der Waals surface area (Å²) < 4.78 is 38.9. The van der Waals surface area contributed by atoms with Crippen LogP contribution in [0.25, 0.3) is 6.08 Å². The van der Waals surface area contributed by atoms with Crippen LogP contribution in [-0.2, 0) is 4.79 Å². The minimum atomic E-state index is -2.96. The smallest absolute Gasteiger partial charge is 0.387 e. The second kappa shape index (κ2) is 8.45. The van der Waals surface area contributed by atoms with E-state index in [0.717, 1.165) is 0 Å². The Morgan fingerprint density at radius 1 is 1.16 bits per heavy atom. The Morgan fingerprint density at radius 3 is 2.48 bits per heavy atom. The molecule has 2 aromatic rings. The van der Waals surface area contributed by atoms with Gasteiger partial charge in [0.15, 0.2) is 11.5 Å². The van der Waals surface area contributed by atoms with Crippen LogP contribution in [0, 0.1) is 11.3 Å². The number of alkyl halides is 2. The third kappa shape index (κ3) is 5.32. The van der Waals surface area contributed by atoms with Crippen LogP contribution in [-0.4, -0.2) is 19.7 Å². The Labute approximate surface area is 142 Å². The molecule has 0 saturated carbocycles. The number of carbonyl (C=O) groups excluding carboxylic acids is 1. The molecule has 0 heterocycles. The van der Waals surface area contributed by atoms with Crippen molar-refractivity contribution in [1.82, 2.24) is 0 Å². The van der Waals surface area contributed by atoms with Crippen LogP contribution >= 0.6 is 0 Å². The average molecular weight is 345 g/mol. The molecule has 0 amide bonds. The van der Waals surface area contributed by atoms with E-state index >= 15 is 0 Å². The van der Waals surface area contributed by atoms with Crippen molar-refractivity contribution >= 4 is 12.0 Å². The molecule has 0 aliphatic heterocycles. The third-order valence-electron chi connectivity index (χ3n) is 3.02. The maximum Gasteiger partial charge on any atom is 0.387 e. The molecule has 2 rings (SSSR count). The fraction of sp³-hybridized carbons (Fsp3) is 0.111. The van der Waals surface area contributed by atoms with Crippen molar-refractivity contribution in [2.75, 3.05) is 7.11 Å². The Bertz CT molecular complexity index is 811. The lowest BCUT2D eigenvalue weighted by atomic mass is 10.2. The second-order valence-electron chi connectivity index (χ2n) is 4.68. The molecule has 5 nitrogen and oxygen atoms in total. The summed E-state index contributed by atoms with van der Waals surface area (Å²) in [6.07, 6.45) is 2.63. The zero-order valence-corrected chi connectivity index (χ0v) is 13.1. The first kappa shape index (κ1) is 17.9. The van der Waals surface area contributed by atoms with Gasteiger partial charge in [-0.25, -0.2) is 4.79 Å². The van der Waals surface area contributed by atoms with Gasteiger partial charge in [-0.05, 0) is 48.0 Å². The molecule has 0 atom stereocenters. The molecule has 0 radical (unpaired) electrons.